The number of aromatic nitrogens is 4. The number of nitrogens with zero attached hydrogens (tertiary/aromatic N) is 7. The largest absolute Gasteiger partial charge is 0.507 e. The summed E-state index contributed by atoms with van der Waals surface area (Å²) in [6, 6.07) is 13.9. The lowest BCUT2D eigenvalue weighted by molar-refractivity contribution is -0.134. The fourth-order valence-electron chi connectivity index (χ4n) is 8.45. The molecule has 266 valence electrons. The van der Waals surface area contributed by atoms with E-state index in [9.17, 15) is 14.7 Å². The van der Waals surface area contributed by atoms with E-state index >= 15 is 8.78 Å². The molecule has 4 aromatic rings. The van der Waals surface area contributed by atoms with Crippen molar-refractivity contribution < 1.29 is 23.5 Å². The zero-order chi connectivity index (χ0) is 35.3. The topological polar surface area (TPSA) is 146 Å². The highest BCUT2D eigenvalue weighted by Gasteiger charge is 2.46. The number of halogens is 2. The average molecular weight is 698 g/mol. The van der Waals surface area contributed by atoms with Crippen molar-refractivity contribution in [1.29, 1.82) is 0 Å². The third-order valence-corrected chi connectivity index (χ3v) is 11.1. The summed E-state index contributed by atoms with van der Waals surface area (Å²) in [6.07, 6.45) is 7.46. The van der Waals surface area contributed by atoms with Crippen LogP contribution in [0.4, 0.5) is 26.0 Å². The number of hydrogen-bond acceptors (Lipinski definition) is 10. The summed E-state index contributed by atoms with van der Waals surface area (Å²) in [6.45, 7) is 3.50. The Morgan fingerprint density at radius 3 is 2.45 bits per heavy atom. The summed E-state index contributed by atoms with van der Waals surface area (Å²) in [4.78, 5) is 31.1. The maximum absolute atomic E-state index is 15.7. The van der Waals surface area contributed by atoms with Crippen LogP contribution in [0.25, 0.3) is 16.9 Å². The number of piperidine rings is 1. The van der Waals surface area contributed by atoms with Crippen LogP contribution in [0.3, 0.4) is 0 Å². The number of amides is 2. The molecule has 2 aromatic heterocycles. The Bertz CT molecular complexity index is 1950. The molecule has 5 heterocycles. The van der Waals surface area contributed by atoms with Crippen LogP contribution >= 0.6 is 0 Å². The Morgan fingerprint density at radius 1 is 0.902 bits per heavy atom. The number of anilines is 3. The third-order valence-electron chi connectivity index (χ3n) is 11.1. The van der Waals surface area contributed by atoms with E-state index in [2.05, 4.69) is 30.4 Å². The van der Waals surface area contributed by atoms with Crippen LogP contribution in [0, 0.1) is 0 Å². The van der Waals surface area contributed by atoms with E-state index in [1.54, 1.807) is 39.9 Å². The first-order chi connectivity index (χ1) is 24.7. The number of para-hydroxylation sites is 1. The van der Waals surface area contributed by atoms with Crippen LogP contribution in [0.15, 0.2) is 60.9 Å². The Labute approximate surface area is 294 Å². The first-order valence-electron chi connectivity index (χ1n) is 17.7. The molecule has 2 saturated heterocycles. The van der Waals surface area contributed by atoms with Gasteiger partial charge in [-0.15, -0.1) is 10.2 Å². The van der Waals surface area contributed by atoms with Gasteiger partial charge in [-0.3, -0.25) is 19.8 Å². The minimum atomic E-state index is -2.98. The summed E-state index contributed by atoms with van der Waals surface area (Å²) in [5.41, 5.74) is 9.98. The maximum atomic E-state index is 15.7. The van der Waals surface area contributed by atoms with Gasteiger partial charge in [0.25, 0.3) is 5.92 Å². The van der Waals surface area contributed by atoms with E-state index in [1.807, 2.05) is 30.6 Å². The number of imide groups is 1. The van der Waals surface area contributed by atoms with Gasteiger partial charge in [-0.05, 0) is 67.9 Å². The van der Waals surface area contributed by atoms with Gasteiger partial charge in [0.2, 0.25) is 11.8 Å². The third kappa shape index (κ3) is 6.26. The average Bonchev–Trinajstić information content (AvgIpc) is 3.63. The second kappa shape index (κ2) is 13.2. The van der Waals surface area contributed by atoms with Gasteiger partial charge < -0.3 is 20.6 Å². The molecule has 3 fully saturated rings. The van der Waals surface area contributed by atoms with Crippen LogP contribution in [-0.2, 0) is 15.5 Å². The SMILES string of the molecule is Nc1nnc(-c2ccccc2O)cc1-n1cc(N2CCN(C3CCC(c4cccc5c4C(F)(F)CCN5[C@@H]4CCC(=O)NC4=O)CC3)CC2)cn1. The highest BCUT2D eigenvalue weighted by Crippen LogP contribution is 2.49. The van der Waals surface area contributed by atoms with Crippen molar-refractivity contribution in [3.8, 4) is 22.7 Å². The number of fused-ring (bicyclic) bond motifs is 1. The number of piperazine rings is 1. The molecular weight excluding hydrogens is 656 g/mol. The quantitative estimate of drug-likeness (QED) is 0.245. The van der Waals surface area contributed by atoms with E-state index in [4.69, 9.17) is 5.73 Å². The lowest BCUT2D eigenvalue weighted by Crippen LogP contribution is -2.55. The molecule has 4 aliphatic rings. The Kier molecular flexibility index (Phi) is 8.57. The van der Waals surface area contributed by atoms with Gasteiger partial charge >= 0.3 is 0 Å². The van der Waals surface area contributed by atoms with E-state index in [-0.39, 0.29) is 48.3 Å². The standard InChI is InChI=1S/C37H41F2N9O3/c38-37(39)14-15-47(30-12-13-33(50)42-36(30)51)29-6-3-5-26(34(29)37)23-8-10-24(11-9-23)45-16-18-46(19-17-45)25-21-41-48(22-25)31-20-28(43-44-35(31)40)27-4-1-2-7-32(27)49/h1-7,20-24,30,49H,8-19H2,(H2,40,44)(H,42,50,51)/t23?,24?,30-/m1/s1. The zero-order valence-corrected chi connectivity index (χ0v) is 28.2. The number of carbonyl (C=O) groups excluding carboxylic acids is 2. The molecule has 0 spiro atoms. The molecule has 3 aliphatic heterocycles. The highest BCUT2D eigenvalue weighted by atomic mass is 19.3. The molecule has 1 aliphatic carbocycles. The first-order valence-corrected chi connectivity index (χ1v) is 17.7. The molecule has 0 radical (unpaired) electrons. The summed E-state index contributed by atoms with van der Waals surface area (Å²) < 4.78 is 33.0. The number of alkyl halides is 2. The van der Waals surface area contributed by atoms with Gasteiger partial charge in [-0.2, -0.15) is 5.10 Å². The van der Waals surface area contributed by atoms with Crippen molar-refractivity contribution in [3.05, 3.63) is 72.1 Å². The van der Waals surface area contributed by atoms with Crippen molar-refractivity contribution in [1.82, 2.24) is 30.2 Å². The summed E-state index contributed by atoms with van der Waals surface area (Å²) in [7, 11) is 0. The predicted molar refractivity (Wildman–Crippen MR) is 188 cm³/mol. The number of nitrogens with two attached hydrogens (primary N) is 1. The van der Waals surface area contributed by atoms with Crippen molar-refractivity contribution in [2.75, 3.05) is 48.3 Å². The Hall–Kier alpha value is -5.11. The van der Waals surface area contributed by atoms with Gasteiger partial charge in [0, 0.05) is 68.4 Å². The number of carbonyl (C=O) groups is 2. The molecule has 12 nitrogen and oxygen atoms in total. The number of benzene rings is 2. The molecule has 2 amide bonds. The van der Waals surface area contributed by atoms with Crippen molar-refractivity contribution in [3.63, 3.8) is 0 Å². The molecule has 0 bridgehead atoms. The minimum Gasteiger partial charge on any atom is -0.507 e. The molecule has 0 unspecified atom stereocenters. The van der Waals surface area contributed by atoms with Crippen LogP contribution < -0.4 is 20.9 Å². The summed E-state index contributed by atoms with van der Waals surface area (Å²) >= 11 is 0. The van der Waals surface area contributed by atoms with Gasteiger partial charge in [-0.1, -0.05) is 24.3 Å². The molecular formula is C37H41F2N9O3. The molecule has 4 N–H and O–H groups in total. The smallest absolute Gasteiger partial charge is 0.277 e. The molecule has 1 saturated carbocycles. The fraction of sp³-hybridized carbons (Fsp3) is 0.432. The van der Waals surface area contributed by atoms with E-state index < -0.39 is 17.9 Å². The number of phenols is 1. The molecule has 14 heteroatoms. The Balaban J connectivity index is 0.907. The summed E-state index contributed by atoms with van der Waals surface area (Å²) in [5, 5.41) is 25.5. The lowest BCUT2D eigenvalue weighted by atomic mass is 9.77. The van der Waals surface area contributed by atoms with Crippen LogP contribution in [-0.4, -0.2) is 86.6 Å². The van der Waals surface area contributed by atoms with Crippen LogP contribution in [0.5, 0.6) is 5.75 Å². The number of nitrogens with one attached hydrogen (secondary N) is 1. The summed E-state index contributed by atoms with van der Waals surface area (Å²) in [5.74, 6) is -3.33. The molecule has 51 heavy (non-hydrogen) atoms. The monoisotopic (exact) mass is 697 g/mol. The Morgan fingerprint density at radius 2 is 1.69 bits per heavy atom. The van der Waals surface area contributed by atoms with Gasteiger partial charge in [0.15, 0.2) is 5.82 Å². The highest BCUT2D eigenvalue weighted by molar-refractivity contribution is 6.01. The number of aromatic hydroxyl groups is 1. The van der Waals surface area contributed by atoms with Crippen molar-refractivity contribution >= 4 is 29.0 Å². The molecule has 1 atom stereocenters. The minimum absolute atomic E-state index is 0.0254. The van der Waals surface area contributed by atoms with Gasteiger partial charge in [0.1, 0.15) is 17.5 Å². The van der Waals surface area contributed by atoms with E-state index in [0.717, 1.165) is 57.5 Å². The normalized spacial score (nSPS) is 23.9. The molecule has 8 rings (SSSR count). The maximum Gasteiger partial charge on any atom is 0.277 e. The van der Waals surface area contributed by atoms with Crippen molar-refractivity contribution in [2.24, 2.45) is 0 Å². The lowest BCUT2D eigenvalue weighted by Gasteiger charge is -2.44. The van der Waals surface area contributed by atoms with Gasteiger partial charge in [0.05, 0.1) is 23.8 Å². The fourth-order valence-corrected chi connectivity index (χ4v) is 8.45. The van der Waals surface area contributed by atoms with Crippen LogP contribution in [0.1, 0.15) is 62.0 Å². The number of rotatable bonds is 6. The number of nitrogen functional groups attached to an aromatic ring is 1. The predicted octanol–water partition coefficient (Wildman–Crippen LogP) is 4.57. The second-order valence-electron chi connectivity index (χ2n) is 14.0. The first kappa shape index (κ1) is 33.1. The number of hydrogen-bond donors (Lipinski definition) is 3. The van der Waals surface area contributed by atoms with E-state index in [1.165, 1.54) is 0 Å². The number of phenolic OH excluding ortho intramolecular Hbond substituents is 1. The zero-order valence-electron chi connectivity index (χ0n) is 28.2. The molecule has 2 aromatic carbocycles. The van der Waals surface area contributed by atoms with Crippen LogP contribution in [0.2, 0.25) is 0 Å². The van der Waals surface area contributed by atoms with Gasteiger partial charge in [-0.25, -0.2) is 13.5 Å². The second-order valence-corrected chi connectivity index (χ2v) is 14.0. The van der Waals surface area contributed by atoms with Crippen molar-refractivity contribution in [2.45, 2.75) is 68.9 Å². The van der Waals surface area contributed by atoms with E-state index in [0.29, 0.717) is 40.7 Å².